The Morgan fingerprint density at radius 1 is 0.381 bits per heavy atom. The summed E-state index contributed by atoms with van der Waals surface area (Å²) in [6, 6.07) is 0. The standard InChI is InChI=1S/C41H79N/c1-7-11-15-19-23-27-31-37-38(32-28-24-20-16-12-8-2)40(34-30-26-22-18-14-10-4)41(35-36-42(5)6)39(37)33-29-25-21-17-13-9-3/h41H,7-36H2,1-6H3. The van der Waals surface area contributed by atoms with E-state index >= 15 is 0 Å². The summed E-state index contributed by atoms with van der Waals surface area (Å²) >= 11 is 0. The van der Waals surface area contributed by atoms with Gasteiger partial charge in [0.2, 0.25) is 0 Å². The largest absolute Gasteiger partial charge is 0.309 e. The van der Waals surface area contributed by atoms with Crippen molar-refractivity contribution in [2.45, 2.75) is 214 Å². The molecule has 0 aromatic heterocycles. The highest BCUT2D eigenvalue weighted by Crippen LogP contribution is 2.47. The van der Waals surface area contributed by atoms with E-state index in [-0.39, 0.29) is 0 Å². The van der Waals surface area contributed by atoms with Gasteiger partial charge < -0.3 is 4.90 Å². The number of rotatable bonds is 31. The van der Waals surface area contributed by atoms with E-state index in [2.05, 4.69) is 46.7 Å². The summed E-state index contributed by atoms with van der Waals surface area (Å²) in [5, 5.41) is 0. The van der Waals surface area contributed by atoms with Crippen LogP contribution >= 0.6 is 0 Å². The number of allylic oxidation sites excluding steroid dienone is 4. The van der Waals surface area contributed by atoms with Gasteiger partial charge in [-0.25, -0.2) is 0 Å². The van der Waals surface area contributed by atoms with E-state index < -0.39 is 0 Å². The molecule has 0 bridgehead atoms. The third kappa shape index (κ3) is 18.3. The van der Waals surface area contributed by atoms with Crippen molar-refractivity contribution >= 4 is 0 Å². The van der Waals surface area contributed by atoms with Crippen LogP contribution in [0.4, 0.5) is 0 Å². The molecule has 0 aromatic carbocycles. The fourth-order valence-corrected chi connectivity index (χ4v) is 7.38. The van der Waals surface area contributed by atoms with E-state index in [0.717, 1.165) is 5.92 Å². The van der Waals surface area contributed by atoms with Crippen LogP contribution in [0, 0.1) is 5.92 Å². The maximum Gasteiger partial charge on any atom is 0.00309 e. The van der Waals surface area contributed by atoms with Crippen molar-refractivity contribution in [3.8, 4) is 0 Å². The van der Waals surface area contributed by atoms with E-state index in [1.165, 1.54) is 193 Å². The molecular weight excluding hydrogens is 506 g/mol. The predicted octanol–water partition coefficient (Wildman–Crippen LogP) is 14.2. The second-order valence-electron chi connectivity index (χ2n) is 14.2. The Morgan fingerprint density at radius 3 is 0.976 bits per heavy atom. The van der Waals surface area contributed by atoms with E-state index in [4.69, 9.17) is 0 Å². The Balaban J connectivity index is 3.15. The first-order valence-corrected chi connectivity index (χ1v) is 19.7. The lowest BCUT2D eigenvalue weighted by atomic mass is 9.85. The van der Waals surface area contributed by atoms with Gasteiger partial charge in [0, 0.05) is 5.92 Å². The Bertz CT molecular complexity index is 616. The monoisotopic (exact) mass is 586 g/mol. The van der Waals surface area contributed by atoms with Crippen molar-refractivity contribution in [3.05, 3.63) is 22.3 Å². The molecule has 0 heterocycles. The van der Waals surface area contributed by atoms with E-state index in [0.29, 0.717) is 0 Å². The van der Waals surface area contributed by atoms with Gasteiger partial charge >= 0.3 is 0 Å². The summed E-state index contributed by atoms with van der Waals surface area (Å²) in [5.41, 5.74) is 7.67. The van der Waals surface area contributed by atoms with Crippen molar-refractivity contribution in [3.63, 3.8) is 0 Å². The lowest BCUT2D eigenvalue weighted by molar-refractivity contribution is 0.375. The lowest BCUT2D eigenvalue weighted by Gasteiger charge is -2.23. The molecule has 0 unspecified atom stereocenters. The highest BCUT2D eigenvalue weighted by atomic mass is 15.0. The van der Waals surface area contributed by atoms with E-state index in [1.54, 1.807) is 0 Å². The number of hydrogen-bond acceptors (Lipinski definition) is 1. The second kappa shape index (κ2) is 28.0. The fourth-order valence-electron chi connectivity index (χ4n) is 7.38. The lowest BCUT2D eigenvalue weighted by Crippen LogP contribution is -2.18. The van der Waals surface area contributed by atoms with Crippen molar-refractivity contribution in [1.82, 2.24) is 4.90 Å². The van der Waals surface area contributed by atoms with Crippen LogP contribution in [0.1, 0.15) is 214 Å². The van der Waals surface area contributed by atoms with Crippen LogP contribution in [0.5, 0.6) is 0 Å². The van der Waals surface area contributed by atoms with Crippen LogP contribution < -0.4 is 0 Å². The molecule has 0 spiro atoms. The minimum Gasteiger partial charge on any atom is -0.309 e. The van der Waals surface area contributed by atoms with E-state index in [9.17, 15) is 0 Å². The quantitative estimate of drug-likeness (QED) is 0.0731. The SMILES string of the molecule is CCCCCCCCC1=C(CCCCCCCC)C(CCN(C)C)C(CCCCCCCC)=C1CCCCCCCC. The van der Waals surface area contributed by atoms with E-state index in [1.807, 2.05) is 22.3 Å². The van der Waals surface area contributed by atoms with Gasteiger partial charge in [-0.3, -0.25) is 0 Å². The molecule has 0 N–H and O–H groups in total. The smallest absolute Gasteiger partial charge is 0.00309 e. The van der Waals surface area contributed by atoms with Crippen LogP contribution in [0.3, 0.4) is 0 Å². The summed E-state index contributed by atoms with van der Waals surface area (Å²) in [5.74, 6) is 0.754. The van der Waals surface area contributed by atoms with Crippen molar-refractivity contribution < 1.29 is 0 Å². The molecule has 0 radical (unpaired) electrons. The van der Waals surface area contributed by atoms with Crippen LogP contribution in [-0.4, -0.2) is 25.5 Å². The molecule has 1 heteroatoms. The highest BCUT2D eigenvalue weighted by Gasteiger charge is 2.32. The molecule has 42 heavy (non-hydrogen) atoms. The molecule has 0 saturated carbocycles. The molecular formula is C41H79N. The number of nitrogens with zero attached hydrogens (tertiary/aromatic N) is 1. The average molecular weight is 586 g/mol. The van der Waals surface area contributed by atoms with Crippen LogP contribution in [0.2, 0.25) is 0 Å². The van der Waals surface area contributed by atoms with Gasteiger partial charge in [0.25, 0.3) is 0 Å². The first-order valence-electron chi connectivity index (χ1n) is 19.7. The topological polar surface area (TPSA) is 3.24 Å². The first-order chi connectivity index (χ1) is 20.6. The van der Waals surface area contributed by atoms with Crippen molar-refractivity contribution in [1.29, 1.82) is 0 Å². The first kappa shape index (κ1) is 39.5. The molecule has 248 valence electrons. The Morgan fingerprint density at radius 2 is 0.667 bits per heavy atom. The average Bonchev–Trinajstić information content (AvgIpc) is 3.25. The maximum atomic E-state index is 2.45. The third-order valence-corrected chi connectivity index (χ3v) is 10.0. The van der Waals surface area contributed by atoms with Gasteiger partial charge in [0.05, 0.1) is 0 Å². The second-order valence-corrected chi connectivity index (χ2v) is 14.2. The summed E-state index contributed by atoms with van der Waals surface area (Å²) in [6.07, 6.45) is 40.9. The van der Waals surface area contributed by atoms with Gasteiger partial charge in [0.1, 0.15) is 0 Å². The van der Waals surface area contributed by atoms with Gasteiger partial charge in [-0.1, -0.05) is 167 Å². The molecule has 0 aromatic rings. The minimum atomic E-state index is 0.754. The molecule has 1 aliphatic carbocycles. The third-order valence-electron chi connectivity index (χ3n) is 10.0. The highest BCUT2D eigenvalue weighted by molar-refractivity contribution is 5.50. The molecule has 1 nitrogen and oxygen atoms in total. The Hall–Kier alpha value is -0.560. The minimum absolute atomic E-state index is 0.754. The summed E-state index contributed by atoms with van der Waals surface area (Å²) in [7, 11) is 4.58. The Labute approximate surface area is 267 Å². The van der Waals surface area contributed by atoms with Crippen LogP contribution in [-0.2, 0) is 0 Å². The van der Waals surface area contributed by atoms with Gasteiger partial charge in [-0.2, -0.15) is 0 Å². The van der Waals surface area contributed by atoms with Crippen LogP contribution in [0.25, 0.3) is 0 Å². The number of unbranched alkanes of at least 4 members (excludes halogenated alkanes) is 20. The number of hydrogen-bond donors (Lipinski definition) is 0. The summed E-state index contributed by atoms with van der Waals surface area (Å²) in [4.78, 5) is 2.45. The fraction of sp³-hybridized carbons (Fsp3) is 0.902. The van der Waals surface area contributed by atoms with Crippen LogP contribution in [0.15, 0.2) is 22.3 Å². The zero-order valence-corrected chi connectivity index (χ0v) is 30.2. The Kier molecular flexibility index (Phi) is 26.3. The van der Waals surface area contributed by atoms with Crippen molar-refractivity contribution in [2.75, 3.05) is 20.6 Å². The molecule has 0 fully saturated rings. The normalized spacial score (nSPS) is 14.4. The maximum absolute atomic E-state index is 2.45. The molecule has 0 saturated heterocycles. The summed E-state index contributed by atoms with van der Waals surface area (Å²) in [6.45, 7) is 10.6. The molecule has 1 aliphatic rings. The van der Waals surface area contributed by atoms with Gasteiger partial charge in [-0.05, 0) is 89.6 Å². The van der Waals surface area contributed by atoms with Gasteiger partial charge in [0.15, 0.2) is 0 Å². The molecule has 0 amide bonds. The van der Waals surface area contributed by atoms with Crippen molar-refractivity contribution in [2.24, 2.45) is 5.92 Å². The molecule has 0 aliphatic heterocycles. The van der Waals surface area contributed by atoms with Gasteiger partial charge in [-0.15, -0.1) is 0 Å². The molecule has 1 rings (SSSR count). The predicted molar refractivity (Wildman–Crippen MR) is 193 cm³/mol. The molecule has 0 atom stereocenters. The zero-order valence-electron chi connectivity index (χ0n) is 30.2. The summed E-state index contributed by atoms with van der Waals surface area (Å²) < 4.78 is 0. The zero-order chi connectivity index (χ0) is 30.7.